The predicted octanol–water partition coefficient (Wildman–Crippen LogP) is 2.27. The van der Waals surface area contributed by atoms with Crippen LogP contribution in [0.3, 0.4) is 0 Å². The summed E-state index contributed by atoms with van der Waals surface area (Å²) in [6, 6.07) is 0.753. The summed E-state index contributed by atoms with van der Waals surface area (Å²) in [6.07, 6.45) is 7.22. The standard InChI is InChI=1S/C15H30N2O/c1-3-16-15-8-5-4-7-14(15)12-17-9-6-10-18-13(2)11-17/h13-16H,3-12H2,1-2H3. The van der Waals surface area contributed by atoms with Crippen molar-refractivity contribution in [2.75, 3.05) is 32.8 Å². The van der Waals surface area contributed by atoms with Crippen molar-refractivity contribution in [3.05, 3.63) is 0 Å². The number of ether oxygens (including phenoxy) is 1. The van der Waals surface area contributed by atoms with E-state index in [0.717, 1.165) is 31.7 Å². The van der Waals surface area contributed by atoms with Gasteiger partial charge in [-0.25, -0.2) is 0 Å². The van der Waals surface area contributed by atoms with Crippen LogP contribution in [0.5, 0.6) is 0 Å². The first-order chi connectivity index (χ1) is 8.79. The molecular weight excluding hydrogens is 224 g/mol. The molecule has 2 rings (SSSR count). The number of nitrogens with one attached hydrogen (secondary N) is 1. The zero-order chi connectivity index (χ0) is 12.8. The number of nitrogens with zero attached hydrogens (tertiary/aromatic N) is 1. The fourth-order valence-electron chi connectivity index (χ4n) is 3.53. The monoisotopic (exact) mass is 254 g/mol. The Balaban J connectivity index is 1.85. The van der Waals surface area contributed by atoms with Crippen LogP contribution in [-0.2, 0) is 4.74 Å². The molecule has 3 unspecified atom stereocenters. The molecule has 0 aromatic carbocycles. The second-order valence-electron chi connectivity index (χ2n) is 6.00. The van der Waals surface area contributed by atoms with Gasteiger partial charge in [0.1, 0.15) is 0 Å². The van der Waals surface area contributed by atoms with Crippen LogP contribution >= 0.6 is 0 Å². The Kier molecular flexibility index (Phi) is 5.93. The van der Waals surface area contributed by atoms with Gasteiger partial charge in [0.25, 0.3) is 0 Å². The first-order valence-corrected chi connectivity index (χ1v) is 7.87. The highest BCUT2D eigenvalue weighted by atomic mass is 16.5. The van der Waals surface area contributed by atoms with Crippen molar-refractivity contribution in [3.8, 4) is 0 Å². The van der Waals surface area contributed by atoms with Gasteiger partial charge in [-0.15, -0.1) is 0 Å². The SMILES string of the molecule is CCNC1CCCCC1CN1CCCOC(C)C1. The van der Waals surface area contributed by atoms with Crippen LogP contribution in [0.2, 0.25) is 0 Å². The van der Waals surface area contributed by atoms with Crippen LogP contribution in [0.4, 0.5) is 0 Å². The molecule has 1 N–H and O–H groups in total. The number of hydrogen-bond donors (Lipinski definition) is 1. The lowest BCUT2D eigenvalue weighted by Gasteiger charge is -2.36. The van der Waals surface area contributed by atoms with Gasteiger partial charge in [-0.3, -0.25) is 0 Å². The zero-order valence-corrected chi connectivity index (χ0v) is 12.2. The highest BCUT2D eigenvalue weighted by molar-refractivity contribution is 4.83. The summed E-state index contributed by atoms with van der Waals surface area (Å²) in [7, 11) is 0. The molecule has 1 aliphatic heterocycles. The van der Waals surface area contributed by atoms with Crippen molar-refractivity contribution in [2.45, 2.75) is 58.1 Å². The third-order valence-electron chi connectivity index (χ3n) is 4.40. The van der Waals surface area contributed by atoms with Crippen molar-refractivity contribution in [1.29, 1.82) is 0 Å². The molecule has 2 aliphatic rings. The Hall–Kier alpha value is -0.120. The summed E-state index contributed by atoms with van der Waals surface area (Å²) in [6.45, 7) is 10.1. The van der Waals surface area contributed by atoms with Crippen LogP contribution in [-0.4, -0.2) is 49.8 Å². The van der Waals surface area contributed by atoms with Crippen LogP contribution < -0.4 is 5.32 Å². The second kappa shape index (κ2) is 7.46. The Bertz CT molecular complexity index is 233. The molecule has 1 saturated carbocycles. The second-order valence-corrected chi connectivity index (χ2v) is 6.00. The fourth-order valence-corrected chi connectivity index (χ4v) is 3.53. The minimum absolute atomic E-state index is 0.411. The van der Waals surface area contributed by atoms with E-state index in [1.54, 1.807) is 0 Å². The molecule has 1 saturated heterocycles. The molecule has 0 spiro atoms. The number of rotatable bonds is 4. The van der Waals surface area contributed by atoms with Gasteiger partial charge in [-0.05, 0) is 38.6 Å². The summed E-state index contributed by atoms with van der Waals surface area (Å²) in [5.41, 5.74) is 0. The van der Waals surface area contributed by atoms with Gasteiger partial charge in [0.2, 0.25) is 0 Å². The van der Waals surface area contributed by atoms with Crippen molar-refractivity contribution >= 4 is 0 Å². The molecule has 3 atom stereocenters. The molecular formula is C15H30N2O. The van der Waals surface area contributed by atoms with Crippen molar-refractivity contribution < 1.29 is 4.74 Å². The van der Waals surface area contributed by atoms with Gasteiger partial charge in [-0.1, -0.05) is 19.8 Å². The maximum absolute atomic E-state index is 5.74. The molecule has 0 aromatic heterocycles. The highest BCUT2D eigenvalue weighted by Crippen LogP contribution is 2.25. The van der Waals surface area contributed by atoms with E-state index >= 15 is 0 Å². The first-order valence-electron chi connectivity index (χ1n) is 7.87. The van der Waals surface area contributed by atoms with E-state index in [2.05, 4.69) is 24.1 Å². The van der Waals surface area contributed by atoms with Gasteiger partial charge < -0.3 is 15.0 Å². The molecule has 3 nitrogen and oxygen atoms in total. The molecule has 0 aromatic rings. The van der Waals surface area contributed by atoms with Gasteiger partial charge in [0.05, 0.1) is 6.10 Å². The van der Waals surface area contributed by atoms with E-state index < -0.39 is 0 Å². The Labute approximate surface area is 112 Å². The Morgan fingerprint density at radius 3 is 2.89 bits per heavy atom. The van der Waals surface area contributed by atoms with E-state index in [-0.39, 0.29) is 0 Å². The summed E-state index contributed by atoms with van der Waals surface area (Å²) in [4.78, 5) is 2.64. The lowest BCUT2D eigenvalue weighted by molar-refractivity contribution is 0.0627. The molecule has 18 heavy (non-hydrogen) atoms. The highest BCUT2D eigenvalue weighted by Gasteiger charge is 2.27. The fraction of sp³-hybridized carbons (Fsp3) is 1.00. The van der Waals surface area contributed by atoms with Crippen molar-refractivity contribution in [2.24, 2.45) is 5.92 Å². The van der Waals surface area contributed by atoms with Crippen LogP contribution in [0.15, 0.2) is 0 Å². The minimum atomic E-state index is 0.411. The third-order valence-corrected chi connectivity index (χ3v) is 4.40. The summed E-state index contributed by atoms with van der Waals surface area (Å²) in [5.74, 6) is 0.851. The van der Waals surface area contributed by atoms with Gasteiger partial charge in [-0.2, -0.15) is 0 Å². The average molecular weight is 254 g/mol. The molecule has 1 aliphatic carbocycles. The molecule has 1 heterocycles. The summed E-state index contributed by atoms with van der Waals surface area (Å²) < 4.78 is 5.74. The molecule has 0 radical (unpaired) electrons. The van der Waals surface area contributed by atoms with E-state index in [0.29, 0.717) is 6.10 Å². The lowest BCUT2D eigenvalue weighted by Crippen LogP contribution is -2.45. The third kappa shape index (κ3) is 4.22. The molecule has 106 valence electrons. The maximum atomic E-state index is 5.74. The molecule has 0 bridgehead atoms. The van der Waals surface area contributed by atoms with E-state index in [9.17, 15) is 0 Å². The largest absolute Gasteiger partial charge is 0.377 e. The van der Waals surface area contributed by atoms with E-state index in [4.69, 9.17) is 4.74 Å². The Morgan fingerprint density at radius 2 is 2.06 bits per heavy atom. The van der Waals surface area contributed by atoms with Crippen LogP contribution in [0.25, 0.3) is 0 Å². The first kappa shape index (κ1) is 14.3. The number of hydrogen-bond acceptors (Lipinski definition) is 3. The van der Waals surface area contributed by atoms with Crippen LogP contribution in [0.1, 0.15) is 46.0 Å². The minimum Gasteiger partial charge on any atom is -0.377 e. The molecule has 0 amide bonds. The quantitative estimate of drug-likeness (QED) is 0.833. The van der Waals surface area contributed by atoms with E-state index in [1.165, 1.54) is 45.2 Å². The normalized spacial score (nSPS) is 35.3. The van der Waals surface area contributed by atoms with E-state index in [1.807, 2.05) is 0 Å². The maximum Gasteiger partial charge on any atom is 0.0673 e. The lowest BCUT2D eigenvalue weighted by atomic mass is 9.84. The summed E-state index contributed by atoms with van der Waals surface area (Å²) >= 11 is 0. The Morgan fingerprint density at radius 1 is 1.22 bits per heavy atom. The van der Waals surface area contributed by atoms with Gasteiger partial charge in [0.15, 0.2) is 0 Å². The zero-order valence-electron chi connectivity index (χ0n) is 12.2. The van der Waals surface area contributed by atoms with Crippen molar-refractivity contribution in [1.82, 2.24) is 10.2 Å². The van der Waals surface area contributed by atoms with Crippen LogP contribution in [0, 0.1) is 5.92 Å². The molecule has 2 fully saturated rings. The molecule has 3 heteroatoms. The van der Waals surface area contributed by atoms with Crippen molar-refractivity contribution in [3.63, 3.8) is 0 Å². The van der Waals surface area contributed by atoms with Gasteiger partial charge >= 0.3 is 0 Å². The van der Waals surface area contributed by atoms with Gasteiger partial charge in [0, 0.05) is 32.3 Å². The topological polar surface area (TPSA) is 24.5 Å². The average Bonchev–Trinajstić information content (AvgIpc) is 2.56. The smallest absolute Gasteiger partial charge is 0.0673 e. The summed E-state index contributed by atoms with van der Waals surface area (Å²) in [5, 5.41) is 3.69. The predicted molar refractivity (Wildman–Crippen MR) is 75.9 cm³/mol.